The Balaban J connectivity index is 3.94. The van der Waals surface area contributed by atoms with Crippen molar-refractivity contribution >= 4 is 17.6 Å². The van der Waals surface area contributed by atoms with Crippen molar-refractivity contribution in [2.24, 2.45) is 0 Å². The van der Waals surface area contributed by atoms with E-state index in [0.717, 1.165) is 10.6 Å². The van der Waals surface area contributed by atoms with Crippen molar-refractivity contribution in [2.45, 2.75) is 26.7 Å². The molecule has 0 radical (unpaired) electrons. The summed E-state index contributed by atoms with van der Waals surface area (Å²) in [6.45, 7) is 7.19. The van der Waals surface area contributed by atoms with Crippen LogP contribution in [-0.4, -0.2) is 11.1 Å². The monoisotopic (exact) mass is 188 g/mol. The van der Waals surface area contributed by atoms with Gasteiger partial charge in [0.2, 0.25) is 0 Å². The van der Waals surface area contributed by atoms with Crippen LogP contribution < -0.4 is 0 Å². The summed E-state index contributed by atoms with van der Waals surface area (Å²) in [5.74, 6) is -0.951. The van der Waals surface area contributed by atoms with E-state index in [0.29, 0.717) is 12.8 Å². The molecular weight excluding hydrogens is 176 g/mol. The van der Waals surface area contributed by atoms with Gasteiger partial charge in [0.25, 0.3) is 0 Å². The van der Waals surface area contributed by atoms with Crippen molar-refractivity contribution in [1.29, 1.82) is 0 Å². The fraction of sp³-hybridized carbons (Fsp3) is 0.444. The molecule has 3 heteroatoms. The molecule has 0 saturated carbocycles. The van der Waals surface area contributed by atoms with E-state index in [2.05, 4.69) is 6.58 Å². The molecule has 0 aliphatic heterocycles. The first-order chi connectivity index (χ1) is 5.45. The first-order valence-corrected chi connectivity index (χ1v) is 4.06. The minimum Gasteiger partial charge on any atom is -0.478 e. The Morgan fingerprint density at radius 1 is 1.42 bits per heavy atom. The fourth-order valence-corrected chi connectivity index (χ4v) is 0.712. The van der Waals surface area contributed by atoms with Crippen LogP contribution in [0.3, 0.4) is 0 Å². The van der Waals surface area contributed by atoms with Crippen LogP contribution >= 0.6 is 11.6 Å². The van der Waals surface area contributed by atoms with Crippen molar-refractivity contribution < 1.29 is 9.90 Å². The second-order valence-electron chi connectivity index (χ2n) is 2.81. The summed E-state index contributed by atoms with van der Waals surface area (Å²) >= 11 is 5.81. The molecule has 0 heterocycles. The summed E-state index contributed by atoms with van der Waals surface area (Å²) < 4.78 is 0. The average molecular weight is 189 g/mol. The van der Waals surface area contributed by atoms with Crippen LogP contribution in [0.25, 0.3) is 0 Å². The normalized spacial score (nSPS) is 9.25. The summed E-state index contributed by atoms with van der Waals surface area (Å²) in [5.41, 5.74) is 1.23. The first-order valence-electron chi connectivity index (χ1n) is 3.68. The zero-order valence-electron chi connectivity index (χ0n) is 7.35. The maximum Gasteiger partial charge on any atom is 0.330 e. The van der Waals surface area contributed by atoms with Crippen LogP contribution in [0.5, 0.6) is 0 Å². The lowest BCUT2D eigenvalue weighted by molar-refractivity contribution is -0.132. The molecular formula is C9H13ClO2. The molecule has 0 fully saturated rings. The van der Waals surface area contributed by atoms with Gasteiger partial charge < -0.3 is 5.11 Å². The summed E-state index contributed by atoms with van der Waals surface area (Å²) in [4.78, 5) is 10.3. The molecule has 0 saturated heterocycles. The topological polar surface area (TPSA) is 37.3 Å². The average Bonchev–Trinajstić information content (AvgIpc) is 1.98. The zero-order valence-corrected chi connectivity index (χ0v) is 8.11. The van der Waals surface area contributed by atoms with Crippen LogP contribution in [0.4, 0.5) is 0 Å². The van der Waals surface area contributed by atoms with E-state index in [-0.39, 0.29) is 5.57 Å². The van der Waals surface area contributed by atoms with Gasteiger partial charge in [0, 0.05) is 10.6 Å². The standard InChI is InChI=1S/C9H13ClO2/c1-6(2)8(10)5-4-7(3)9(11)12/h3-5H2,1-2H3,(H,11,12). The van der Waals surface area contributed by atoms with Crippen molar-refractivity contribution in [1.82, 2.24) is 0 Å². The number of halogens is 1. The summed E-state index contributed by atoms with van der Waals surface area (Å²) in [6.07, 6.45) is 0.981. The Hall–Kier alpha value is -0.760. The number of rotatable bonds is 4. The summed E-state index contributed by atoms with van der Waals surface area (Å²) in [7, 11) is 0. The van der Waals surface area contributed by atoms with Gasteiger partial charge in [-0.15, -0.1) is 0 Å². The number of carboxylic acid groups (broad SMARTS) is 1. The van der Waals surface area contributed by atoms with Crippen molar-refractivity contribution in [3.05, 3.63) is 22.8 Å². The number of allylic oxidation sites excluding steroid dienone is 2. The van der Waals surface area contributed by atoms with Gasteiger partial charge in [-0.05, 0) is 26.7 Å². The molecule has 0 atom stereocenters. The highest BCUT2D eigenvalue weighted by Gasteiger charge is 2.04. The highest BCUT2D eigenvalue weighted by Crippen LogP contribution is 2.17. The summed E-state index contributed by atoms with van der Waals surface area (Å²) in [5, 5.41) is 9.19. The second kappa shape index (κ2) is 4.99. The maximum atomic E-state index is 10.3. The van der Waals surface area contributed by atoms with Crippen LogP contribution in [0.1, 0.15) is 26.7 Å². The molecule has 2 nitrogen and oxygen atoms in total. The lowest BCUT2D eigenvalue weighted by Crippen LogP contribution is -1.98. The molecule has 0 bridgehead atoms. The Kier molecular flexibility index (Phi) is 4.67. The lowest BCUT2D eigenvalue weighted by atomic mass is 10.1. The Morgan fingerprint density at radius 2 is 1.92 bits per heavy atom. The van der Waals surface area contributed by atoms with Gasteiger partial charge in [-0.2, -0.15) is 0 Å². The zero-order chi connectivity index (χ0) is 9.72. The van der Waals surface area contributed by atoms with Crippen LogP contribution in [0.2, 0.25) is 0 Å². The molecule has 68 valence electrons. The van der Waals surface area contributed by atoms with Crippen LogP contribution in [0.15, 0.2) is 22.8 Å². The number of hydrogen-bond acceptors (Lipinski definition) is 1. The Morgan fingerprint density at radius 3 is 2.25 bits per heavy atom. The lowest BCUT2D eigenvalue weighted by Gasteiger charge is -2.01. The van der Waals surface area contributed by atoms with E-state index < -0.39 is 5.97 Å². The van der Waals surface area contributed by atoms with Gasteiger partial charge in [-0.25, -0.2) is 4.79 Å². The van der Waals surface area contributed by atoms with Crippen molar-refractivity contribution in [3.63, 3.8) is 0 Å². The minimum absolute atomic E-state index is 0.203. The molecule has 0 unspecified atom stereocenters. The Labute approximate surface area is 77.5 Å². The molecule has 0 aliphatic carbocycles. The quantitative estimate of drug-likeness (QED) is 0.689. The smallest absolute Gasteiger partial charge is 0.330 e. The SMILES string of the molecule is C=C(CCC(Cl)=C(C)C)C(=O)O. The summed E-state index contributed by atoms with van der Waals surface area (Å²) in [6, 6.07) is 0. The first kappa shape index (κ1) is 11.2. The molecule has 12 heavy (non-hydrogen) atoms. The van der Waals surface area contributed by atoms with Gasteiger partial charge in [-0.1, -0.05) is 23.8 Å². The van der Waals surface area contributed by atoms with E-state index in [9.17, 15) is 4.79 Å². The van der Waals surface area contributed by atoms with E-state index in [4.69, 9.17) is 16.7 Å². The maximum absolute atomic E-state index is 10.3. The third-order valence-corrected chi connectivity index (χ3v) is 2.06. The van der Waals surface area contributed by atoms with E-state index >= 15 is 0 Å². The molecule has 0 spiro atoms. The van der Waals surface area contributed by atoms with E-state index in [1.54, 1.807) is 0 Å². The molecule has 0 aliphatic rings. The number of carboxylic acids is 1. The molecule has 0 aromatic heterocycles. The van der Waals surface area contributed by atoms with Crippen molar-refractivity contribution in [3.8, 4) is 0 Å². The van der Waals surface area contributed by atoms with Gasteiger partial charge in [0.1, 0.15) is 0 Å². The van der Waals surface area contributed by atoms with E-state index in [1.807, 2.05) is 13.8 Å². The molecule has 0 aromatic rings. The highest BCUT2D eigenvalue weighted by molar-refractivity contribution is 6.29. The van der Waals surface area contributed by atoms with Crippen LogP contribution in [-0.2, 0) is 4.79 Å². The predicted molar refractivity (Wildman–Crippen MR) is 50.2 cm³/mol. The number of hydrogen-bond donors (Lipinski definition) is 1. The third kappa shape index (κ3) is 4.19. The Bertz CT molecular complexity index is 225. The minimum atomic E-state index is -0.951. The molecule has 0 amide bonds. The molecule has 1 N–H and O–H groups in total. The van der Waals surface area contributed by atoms with Crippen LogP contribution in [0, 0.1) is 0 Å². The number of carbonyl (C=O) groups is 1. The van der Waals surface area contributed by atoms with E-state index in [1.165, 1.54) is 0 Å². The van der Waals surface area contributed by atoms with Gasteiger partial charge in [0.05, 0.1) is 0 Å². The highest BCUT2D eigenvalue weighted by atomic mass is 35.5. The molecule has 0 aromatic carbocycles. The van der Waals surface area contributed by atoms with Gasteiger partial charge in [-0.3, -0.25) is 0 Å². The van der Waals surface area contributed by atoms with Gasteiger partial charge >= 0.3 is 5.97 Å². The third-order valence-electron chi connectivity index (χ3n) is 1.49. The molecule has 0 rings (SSSR count). The second-order valence-corrected chi connectivity index (χ2v) is 3.27. The van der Waals surface area contributed by atoms with Gasteiger partial charge in [0.15, 0.2) is 0 Å². The largest absolute Gasteiger partial charge is 0.478 e. The number of aliphatic carboxylic acids is 1. The van der Waals surface area contributed by atoms with Crippen molar-refractivity contribution in [2.75, 3.05) is 0 Å². The predicted octanol–water partition coefficient (Wildman–Crippen LogP) is 2.94. The fourth-order valence-electron chi connectivity index (χ4n) is 0.618.